The lowest BCUT2D eigenvalue weighted by atomic mass is 10.0. The molecular weight excluding hydrogens is 323 g/mol. The third-order valence-electron chi connectivity index (χ3n) is 2.99. The summed E-state index contributed by atoms with van der Waals surface area (Å²) in [5.74, 6) is -1.44. The molecule has 1 N–H and O–H groups in total. The molecule has 122 valence electrons. The highest BCUT2D eigenvalue weighted by atomic mass is 19.4. The van der Waals surface area contributed by atoms with E-state index in [1.807, 2.05) is 6.07 Å². The van der Waals surface area contributed by atoms with Gasteiger partial charge in [-0.3, -0.25) is 0 Å². The number of hydrogen-bond donors (Lipinski definition) is 1. The van der Waals surface area contributed by atoms with Gasteiger partial charge in [-0.15, -0.1) is 13.2 Å². The number of rotatable bonds is 4. The van der Waals surface area contributed by atoms with Gasteiger partial charge in [-0.25, -0.2) is 4.79 Å². The Morgan fingerprint density at radius 3 is 2.04 bits per heavy atom. The van der Waals surface area contributed by atoms with Gasteiger partial charge in [0, 0.05) is 0 Å². The van der Waals surface area contributed by atoms with Crippen molar-refractivity contribution in [2.24, 2.45) is 0 Å². The highest BCUT2D eigenvalue weighted by Crippen LogP contribution is 2.25. The van der Waals surface area contributed by atoms with Crippen molar-refractivity contribution in [3.8, 4) is 11.8 Å². The number of nitrogens with zero attached hydrogens (tertiary/aromatic N) is 1. The lowest BCUT2D eigenvalue weighted by Crippen LogP contribution is -2.16. The second-order valence-corrected chi connectivity index (χ2v) is 4.67. The molecule has 0 saturated heterocycles. The first-order chi connectivity index (χ1) is 11.3. The van der Waals surface area contributed by atoms with E-state index in [0.29, 0.717) is 11.1 Å². The molecule has 0 heterocycles. The summed E-state index contributed by atoms with van der Waals surface area (Å²) in [6.07, 6.45) is -3.27. The van der Waals surface area contributed by atoms with Crippen LogP contribution in [0.15, 0.2) is 48.5 Å². The van der Waals surface area contributed by atoms with E-state index < -0.39 is 12.3 Å². The van der Waals surface area contributed by atoms with E-state index in [1.165, 1.54) is 42.5 Å². The Hall–Kier alpha value is -3.27. The maximum absolute atomic E-state index is 12.1. The zero-order valence-electron chi connectivity index (χ0n) is 12.0. The fourth-order valence-electron chi connectivity index (χ4n) is 1.90. The van der Waals surface area contributed by atoms with Gasteiger partial charge in [0.15, 0.2) is 0 Å². The molecule has 0 radical (unpaired) electrons. The molecule has 2 aromatic carbocycles. The molecule has 0 unspecified atom stereocenters. The minimum Gasteiger partial charge on any atom is -0.478 e. The zero-order chi connectivity index (χ0) is 17.7. The molecule has 0 saturated carbocycles. The highest BCUT2D eigenvalue weighted by molar-refractivity contribution is 5.91. The van der Waals surface area contributed by atoms with Crippen molar-refractivity contribution < 1.29 is 27.8 Å². The van der Waals surface area contributed by atoms with Crippen LogP contribution in [0.2, 0.25) is 0 Å². The number of alkyl halides is 3. The average molecular weight is 333 g/mol. The van der Waals surface area contributed by atoms with Gasteiger partial charge in [-0.2, -0.15) is 5.26 Å². The molecule has 4 nitrogen and oxygen atoms in total. The highest BCUT2D eigenvalue weighted by Gasteiger charge is 2.30. The minimum absolute atomic E-state index is 0.110. The van der Waals surface area contributed by atoms with E-state index in [9.17, 15) is 23.2 Å². The molecule has 0 spiro atoms. The first-order valence-electron chi connectivity index (χ1n) is 6.60. The summed E-state index contributed by atoms with van der Waals surface area (Å²) >= 11 is 0. The van der Waals surface area contributed by atoms with E-state index >= 15 is 0 Å². The maximum atomic E-state index is 12.1. The number of aromatic carboxylic acids is 1. The standard InChI is InChI=1S/C17H10F3NO3/c18-17(19,20)24-15-7-5-12(6-8-15)14(10-21)9-11-1-3-13(4-2-11)16(22)23/h1-9H,(H,22,23)/b14-9+. The molecular formula is C17H10F3NO3. The van der Waals surface area contributed by atoms with Crippen molar-refractivity contribution in [2.45, 2.75) is 6.36 Å². The van der Waals surface area contributed by atoms with Crippen LogP contribution < -0.4 is 4.74 Å². The zero-order valence-corrected chi connectivity index (χ0v) is 12.0. The summed E-state index contributed by atoms with van der Waals surface area (Å²) in [7, 11) is 0. The molecule has 0 aromatic heterocycles. The lowest BCUT2D eigenvalue weighted by Gasteiger charge is -2.09. The summed E-state index contributed by atoms with van der Waals surface area (Å²) in [6.45, 7) is 0. The Balaban J connectivity index is 2.24. The third-order valence-corrected chi connectivity index (χ3v) is 2.99. The predicted molar refractivity (Wildman–Crippen MR) is 80.0 cm³/mol. The molecule has 0 aliphatic heterocycles. The van der Waals surface area contributed by atoms with E-state index in [-0.39, 0.29) is 16.9 Å². The fraction of sp³-hybridized carbons (Fsp3) is 0.0588. The molecule has 2 aromatic rings. The van der Waals surface area contributed by atoms with Crippen molar-refractivity contribution in [3.05, 3.63) is 65.2 Å². The van der Waals surface area contributed by atoms with Gasteiger partial charge in [-0.05, 0) is 53.6 Å². The molecule has 2 rings (SSSR count). The Morgan fingerprint density at radius 1 is 1.04 bits per heavy atom. The first-order valence-corrected chi connectivity index (χ1v) is 6.60. The van der Waals surface area contributed by atoms with Crippen LogP contribution in [-0.2, 0) is 0 Å². The number of hydrogen-bond acceptors (Lipinski definition) is 3. The smallest absolute Gasteiger partial charge is 0.478 e. The Morgan fingerprint density at radius 2 is 1.58 bits per heavy atom. The summed E-state index contributed by atoms with van der Waals surface area (Å²) in [5.41, 5.74) is 1.33. The normalized spacial score (nSPS) is 11.7. The third kappa shape index (κ3) is 4.61. The van der Waals surface area contributed by atoms with E-state index in [0.717, 1.165) is 12.1 Å². The number of benzene rings is 2. The van der Waals surface area contributed by atoms with Crippen LogP contribution in [0.1, 0.15) is 21.5 Å². The summed E-state index contributed by atoms with van der Waals surface area (Å²) < 4.78 is 40.1. The largest absolute Gasteiger partial charge is 0.573 e. The molecule has 0 fully saturated rings. The van der Waals surface area contributed by atoms with Gasteiger partial charge >= 0.3 is 12.3 Å². The van der Waals surface area contributed by atoms with Crippen LogP contribution in [0.5, 0.6) is 5.75 Å². The van der Waals surface area contributed by atoms with Crippen molar-refractivity contribution >= 4 is 17.6 Å². The van der Waals surface area contributed by atoms with Crippen LogP contribution in [0.4, 0.5) is 13.2 Å². The number of carboxylic acid groups (broad SMARTS) is 1. The second kappa shape index (κ2) is 6.87. The van der Waals surface area contributed by atoms with Gasteiger partial charge in [0.05, 0.1) is 17.2 Å². The number of allylic oxidation sites excluding steroid dienone is 1. The van der Waals surface area contributed by atoms with Crippen molar-refractivity contribution in [2.75, 3.05) is 0 Å². The topological polar surface area (TPSA) is 70.3 Å². The molecule has 7 heteroatoms. The molecule has 24 heavy (non-hydrogen) atoms. The van der Waals surface area contributed by atoms with Crippen LogP contribution in [0.3, 0.4) is 0 Å². The van der Waals surface area contributed by atoms with Gasteiger partial charge in [-0.1, -0.05) is 12.1 Å². The number of nitriles is 1. The summed E-state index contributed by atoms with van der Waals surface area (Å²) in [6, 6.07) is 12.7. The Bertz CT molecular complexity index is 801. The van der Waals surface area contributed by atoms with Crippen LogP contribution >= 0.6 is 0 Å². The first kappa shape index (κ1) is 17.1. The number of halogens is 3. The van der Waals surface area contributed by atoms with Gasteiger partial charge in [0.25, 0.3) is 0 Å². The Kier molecular flexibility index (Phi) is 4.90. The quantitative estimate of drug-likeness (QED) is 0.667. The SMILES string of the molecule is N#C/C(=C\c1ccc(C(=O)O)cc1)c1ccc(OC(F)(F)F)cc1. The number of ether oxygens (including phenoxy) is 1. The van der Waals surface area contributed by atoms with E-state index in [1.54, 1.807) is 0 Å². The maximum Gasteiger partial charge on any atom is 0.573 e. The van der Waals surface area contributed by atoms with Gasteiger partial charge in [0.2, 0.25) is 0 Å². The number of carbonyl (C=O) groups is 1. The second-order valence-electron chi connectivity index (χ2n) is 4.67. The van der Waals surface area contributed by atoms with Crippen LogP contribution in [0.25, 0.3) is 11.6 Å². The van der Waals surface area contributed by atoms with E-state index in [2.05, 4.69) is 4.74 Å². The van der Waals surface area contributed by atoms with Gasteiger partial charge < -0.3 is 9.84 Å². The van der Waals surface area contributed by atoms with Crippen LogP contribution in [0, 0.1) is 11.3 Å². The molecule has 0 aliphatic carbocycles. The molecule has 0 atom stereocenters. The van der Waals surface area contributed by atoms with E-state index in [4.69, 9.17) is 5.11 Å². The fourth-order valence-corrected chi connectivity index (χ4v) is 1.90. The number of carboxylic acids is 1. The summed E-state index contributed by atoms with van der Waals surface area (Å²) in [4.78, 5) is 10.8. The predicted octanol–water partition coefficient (Wildman–Crippen LogP) is 4.35. The van der Waals surface area contributed by atoms with Gasteiger partial charge in [0.1, 0.15) is 5.75 Å². The van der Waals surface area contributed by atoms with Crippen molar-refractivity contribution in [1.82, 2.24) is 0 Å². The molecule has 0 bridgehead atoms. The monoisotopic (exact) mass is 333 g/mol. The summed E-state index contributed by atoms with van der Waals surface area (Å²) in [5, 5.41) is 18.0. The Labute approximate surface area is 135 Å². The van der Waals surface area contributed by atoms with Crippen molar-refractivity contribution in [3.63, 3.8) is 0 Å². The average Bonchev–Trinajstić information content (AvgIpc) is 2.52. The molecule has 0 amide bonds. The molecule has 0 aliphatic rings. The lowest BCUT2D eigenvalue weighted by molar-refractivity contribution is -0.274. The minimum atomic E-state index is -4.78. The van der Waals surface area contributed by atoms with Crippen LogP contribution in [-0.4, -0.2) is 17.4 Å². The van der Waals surface area contributed by atoms with Crippen molar-refractivity contribution in [1.29, 1.82) is 5.26 Å².